The minimum Gasteiger partial charge on any atom is -0.389 e. The van der Waals surface area contributed by atoms with Crippen molar-refractivity contribution in [2.45, 2.75) is 18.4 Å². The molecule has 1 aromatic heterocycles. The Morgan fingerprint density at radius 3 is 2.81 bits per heavy atom. The Morgan fingerprint density at radius 1 is 1.52 bits per heavy atom. The van der Waals surface area contributed by atoms with E-state index in [1.54, 1.807) is 12.1 Å². The summed E-state index contributed by atoms with van der Waals surface area (Å²) >= 11 is 10.8. The molecule has 0 atom stereocenters. The summed E-state index contributed by atoms with van der Waals surface area (Å²) < 4.78 is 27.0. The topological polar surface area (TPSA) is 101 Å². The highest BCUT2D eigenvalue weighted by atomic mass is 35.5. The Hall–Kier alpha value is -1.64. The number of sulfonamides is 1. The molecule has 1 heterocycles. The standard InChI is InChI=1S/C12H13ClN4O2S2/c1-2-10-15-6-11(16-10)21(18,19)17-9-5-7(13)3-4-8(9)12(14)20/h3-6,17H,2H2,1H3,(H2,14,20)(H,15,16). The van der Waals surface area contributed by atoms with Crippen molar-refractivity contribution in [3.05, 3.63) is 40.8 Å². The molecule has 21 heavy (non-hydrogen) atoms. The van der Waals surface area contributed by atoms with Crippen LogP contribution in [0.15, 0.2) is 29.4 Å². The van der Waals surface area contributed by atoms with Gasteiger partial charge in [0, 0.05) is 17.0 Å². The second-order valence-corrected chi connectivity index (χ2v) is 6.73. The molecular weight excluding hydrogens is 332 g/mol. The number of aromatic nitrogens is 2. The van der Waals surface area contributed by atoms with Crippen LogP contribution < -0.4 is 10.5 Å². The van der Waals surface area contributed by atoms with Gasteiger partial charge in [-0.1, -0.05) is 30.7 Å². The van der Waals surface area contributed by atoms with E-state index >= 15 is 0 Å². The van der Waals surface area contributed by atoms with Gasteiger partial charge in [-0.2, -0.15) is 8.42 Å². The third kappa shape index (κ3) is 3.52. The van der Waals surface area contributed by atoms with Crippen molar-refractivity contribution in [3.63, 3.8) is 0 Å². The smallest absolute Gasteiger partial charge is 0.279 e. The van der Waals surface area contributed by atoms with Crippen molar-refractivity contribution in [1.29, 1.82) is 0 Å². The lowest BCUT2D eigenvalue weighted by molar-refractivity contribution is 0.598. The van der Waals surface area contributed by atoms with E-state index in [4.69, 9.17) is 29.6 Å². The van der Waals surface area contributed by atoms with E-state index in [0.29, 0.717) is 22.8 Å². The minimum absolute atomic E-state index is 0.0341. The van der Waals surface area contributed by atoms with E-state index in [1.165, 1.54) is 12.3 Å². The third-order valence-electron chi connectivity index (χ3n) is 2.72. The monoisotopic (exact) mass is 344 g/mol. The number of nitrogens with one attached hydrogen (secondary N) is 2. The molecular formula is C12H13ClN4O2S2. The summed E-state index contributed by atoms with van der Waals surface area (Å²) in [7, 11) is -3.82. The molecule has 0 bridgehead atoms. The third-order valence-corrected chi connectivity index (χ3v) is 4.45. The molecule has 112 valence electrons. The van der Waals surface area contributed by atoms with Gasteiger partial charge >= 0.3 is 0 Å². The van der Waals surface area contributed by atoms with E-state index in [0.717, 1.165) is 0 Å². The van der Waals surface area contributed by atoms with Crippen molar-refractivity contribution in [2.75, 3.05) is 4.72 Å². The average molecular weight is 345 g/mol. The maximum absolute atomic E-state index is 12.3. The number of benzene rings is 1. The Bertz CT molecular complexity index is 786. The van der Waals surface area contributed by atoms with Crippen LogP contribution in [0.2, 0.25) is 5.02 Å². The van der Waals surface area contributed by atoms with Crippen LogP contribution in [0.25, 0.3) is 0 Å². The lowest BCUT2D eigenvalue weighted by Gasteiger charge is -2.11. The fourth-order valence-corrected chi connectivity index (χ4v) is 3.04. The van der Waals surface area contributed by atoms with Crippen LogP contribution in [0.5, 0.6) is 0 Å². The maximum Gasteiger partial charge on any atom is 0.279 e. The fourth-order valence-electron chi connectivity index (χ4n) is 1.68. The molecule has 2 aromatic rings. The van der Waals surface area contributed by atoms with Gasteiger partial charge < -0.3 is 10.7 Å². The summed E-state index contributed by atoms with van der Waals surface area (Å²) in [4.78, 5) is 6.77. The van der Waals surface area contributed by atoms with E-state index in [2.05, 4.69) is 14.7 Å². The molecule has 2 rings (SSSR count). The number of anilines is 1. The normalized spacial score (nSPS) is 11.3. The van der Waals surface area contributed by atoms with Crippen LogP contribution in [0.4, 0.5) is 5.69 Å². The largest absolute Gasteiger partial charge is 0.389 e. The van der Waals surface area contributed by atoms with Gasteiger partial charge in [0.2, 0.25) is 0 Å². The summed E-state index contributed by atoms with van der Waals surface area (Å²) in [6.45, 7) is 1.87. The number of rotatable bonds is 5. The number of aryl methyl sites for hydroxylation is 1. The van der Waals surface area contributed by atoms with Crippen LogP contribution in [0.1, 0.15) is 18.3 Å². The van der Waals surface area contributed by atoms with Gasteiger partial charge in [0.1, 0.15) is 10.8 Å². The molecule has 4 N–H and O–H groups in total. The molecule has 0 radical (unpaired) electrons. The summed E-state index contributed by atoms with van der Waals surface area (Å²) in [6.07, 6.45) is 1.86. The molecule has 0 saturated heterocycles. The minimum atomic E-state index is -3.82. The lowest BCUT2D eigenvalue weighted by atomic mass is 10.2. The van der Waals surface area contributed by atoms with Gasteiger partial charge in [-0.3, -0.25) is 4.72 Å². The van der Waals surface area contributed by atoms with Crippen LogP contribution in [0.3, 0.4) is 0 Å². The molecule has 6 nitrogen and oxygen atoms in total. The predicted molar refractivity (Wildman–Crippen MR) is 86.1 cm³/mol. The Labute approximate surface area is 132 Å². The molecule has 0 fully saturated rings. The number of thiocarbonyl (C=S) groups is 1. The first-order valence-electron chi connectivity index (χ1n) is 5.99. The number of hydrogen-bond donors (Lipinski definition) is 3. The van der Waals surface area contributed by atoms with E-state index < -0.39 is 10.0 Å². The van der Waals surface area contributed by atoms with E-state index in [-0.39, 0.29) is 15.7 Å². The molecule has 9 heteroatoms. The summed E-state index contributed by atoms with van der Waals surface area (Å²) in [5.41, 5.74) is 6.20. The number of nitrogens with two attached hydrogens (primary N) is 1. The zero-order chi connectivity index (χ0) is 15.6. The summed E-state index contributed by atoms with van der Waals surface area (Å²) in [5.74, 6) is 0.580. The number of hydrogen-bond acceptors (Lipinski definition) is 4. The Balaban J connectivity index is 2.41. The van der Waals surface area contributed by atoms with Crippen molar-refractivity contribution < 1.29 is 8.42 Å². The molecule has 0 spiro atoms. The van der Waals surface area contributed by atoms with Crippen LogP contribution in [-0.2, 0) is 16.4 Å². The highest BCUT2D eigenvalue weighted by molar-refractivity contribution is 7.92. The molecule has 0 saturated carbocycles. The number of imidazole rings is 1. The second kappa shape index (κ2) is 6.00. The van der Waals surface area contributed by atoms with E-state index in [9.17, 15) is 8.42 Å². The molecule has 1 aromatic carbocycles. The lowest BCUT2D eigenvalue weighted by Crippen LogP contribution is -2.18. The first-order chi connectivity index (χ1) is 9.83. The number of H-pyrrole nitrogens is 1. The second-order valence-electron chi connectivity index (χ2n) is 4.21. The number of nitrogens with zero attached hydrogens (tertiary/aromatic N) is 1. The molecule has 0 amide bonds. The SMILES string of the molecule is CCc1ncc(S(=O)(=O)Nc2cc(Cl)ccc2C(N)=S)[nH]1. The predicted octanol–water partition coefficient (Wildman–Crippen LogP) is 2.06. The summed E-state index contributed by atoms with van der Waals surface area (Å²) in [6, 6.07) is 4.59. The van der Waals surface area contributed by atoms with Gasteiger partial charge in [0.05, 0.1) is 11.9 Å². The first kappa shape index (κ1) is 15.7. The quantitative estimate of drug-likeness (QED) is 0.721. The summed E-state index contributed by atoms with van der Waals surface area (Å²) in [5, 5.41) is 0.333. The molecule has 0 aliphatic rings. The molecule has 0 unspecified atom stereocenters. The van der Waals surface area contributed by atoms with Gasteiger partial charge in [-0.05, 0) is 18.2 Å². The first-order valence-corrected chi connectivity index (χ1v) is 8.26. The van der Waals surface area contributed by atoms with Crippen LogP contribution in [0, 0.1) is 0 Å². The zero-order valence-corrected chi connectivity index (χ0v) is 13.4. The van der Waals surface area contributed by atoms with Gasteiger partial charge in [-0.25, -0.2) is 4.98 Å². The fraction of sp³-hybridized carbons (Fsp3) is 0.167. The zero-order valence-electron chi connectivity index (χ0n) is 11.1. The molecule has 0 aliphatic heterocycles. The Kier molecular flexibility index (Phi) is 4.50. The van der Waals surface area contributed by atoms with Crippen LogP contribution in [-0.4, -0.2) is 23.4 Å². The Morgan fingerprint density at radius 2 is 2.24 bits per heavy atom. The van der Waals surface area contributed by atoms with E-state index in [1.807, 2.05) is 6.92 Å². The van der Waals surface area contributed by atoms with Crippen molar-refractivity contribution in [3.8, 4) is 0 Å². The average Bonchev–Trinajstić information content (AvgIpc) is 2.87. The van der Waals surface area contributed by atoms with Crippen LogP contribution >= 0.6 is 23.8 Å². The van der Waals surface area contributed by atoms with Crippen molar-refractivity contribution in [2.24, 2.45) is 5.73 Å². The highest BCUT2D eigenvalue weighted by Crippen LogP contribution is 2.23. The number of halogens is 1. The van der Waals surface area contributed by atoms with Crippen molar-refractivity contribution >= 4 is 44.5 Å². The van der Waals surface area contributed by atoms with Gasteiger partial charge in [-0.15, -0.1) is 0 Å². The highest BCUT2D eigenvalue weighted by Gasteiger charge is 2.19. The molecule has 0 aliphatic carbocycles. The maximum atomic E-state index is 12.3. The number of aromatic amines is 1. The van der Waals surface area contributed by atoms with Gasteiger partial charge in [0.15, 0.2) is 5.03 Å². The van der Waals surface area contributed by atoms with Crippen molar-refractivity contribution in [1.82, 2.24) is 9.97 Å². The van der Waals surface area contributed by atoms with Gasteiger partial charge in [0.25, 0.3) is 10.0 Å².